The Morgan fingerprint density at radius 3 is 2.50 bits per heavy atom. The molecule has 1 heterocycles. The highest BCUT2D eigenvalue weighted by atomic mass is 16.5. The molecule has 0 atom stereocenters. The first-order chi connectivity index (χ1) is 11.5. The van der Waals surface area contributed by atoms with E-state index in [0.29, 0.717) is 23.1 Å². The van der Waals surface area contributed by atoms with Crippen molar-refractivity contribution < 1.29 is 14.6 Å². The Morgan fingerprint density at radius 2 is 1.92 bits per heavy atom. The number of aromatic hydroxyl groups is 1. The zero-order chi connectivity index (χ0) is 17.7. The van der Waals surface area contributed by atoms with Crippen LogP contribution in [-0.4, -0.2) is 35.3 Å². The summed E-state index contributed by atoms with van der Waals surface area (Å²) in [5, 5.41) is 12.7. The van der Waals surface area contributed by atoms with Gasteiger partial charge in [-0.05, 0) is 31.9 Å². The molecule has 0 spiro atoms. The largest absolute Gasteiger partial charge is 0.508 e. The number of phenolic OH excluding ortho intramolecular Hbond substituents is 1. The van der Waals surface area contributed by atoms with Gasteiger partial charge >= 0.3 is 0 Å². The molecular formula is C18H25N3O3. The molecule has 0 radical (unpaired) electrons. The van der Waals surface area contributed by atoms with Crippen LogP contribution in [0.15, 0.2) is 18.2 Å². The lowest BCUT2D eigenvalue weighted by Crippen LogP contribution is -2.16. The van der Waals surface area contributed by atoms with E-state index in [4.69, 9.17) is 9.47 Å². The van der Waals surface area contributed by atoms with Gasteiger partial charge in [0.25, 0.3) is 5.88 Å². The molecule has 6 heteroatoms. The van der Waals surface area contributed by atoms with Gasteiger partial charge in [-0.25, -0.2) is 9.97 Å². The van der Waals surface area contributed by atoms with E-state index in [0.717, 1.165) is 24.1 Å². The molecule has 2 N–H and O–H groups in total. The number of nitrogens with zero attached hydrogens (tertiary/aromatic N) is 2. The molecule has 0 fully saturated rings. The van der Waals surface area contributed by atoms with Gasteiger partial charge in [0.15, 0.2) is 5.82 Å². The van der Waals surface area contributed by atoms with Crippen molar-refractivity contribution in [2.24, 2.45) is 0 Å². The Morgan fingerprint density at radius 1 is 1.21 bits per heavy atom. The number of aromatic nitrogens is 2. The van der Waals surface area contributed by atoms with E-state index in [-0.39, 0.29) is 11.9 Å². The van der Waals surface area contributed by atoms with Gasteiger partial charge in [-0.2, -0.15) is 0 Å². The highest BCUT2D eigenvalue weighted by Crippen LogP contribution is 2.35. The first kappa shape index (κ1) is 17.8. The average molecular weight is 331 g/mol. The summed E-state index contributed by atoms with van der Waals surface area (Å²) < 4.78 is 11.3. The van der Waals surface area contributed by atoms with E-state index in [1.165, 1.54) is 0 Å². The van der Waals surface area contributed by atoms with Crippen LogP contribution in [0.2, 0.25) is 0 Å². The summed E-state index contributed by atoms with van der Waals surface area (Å²) in [4.78, 5) is 9.25. The third-order valence-electron chi connectivity index (χ3n) is 3.90. The van der Waals surface area contributed by atoms with Crippen molar-refractivity contribution in [2.75, 3.05) is 19.5 Å². The number of benzene rings is 1. The molecular weight excluding hydrogens is 306 g/mol. The van der Waals surface area contributed by atoms with Crippen molar-refractivity contribution in [3.05, 3.63) is 23.9 Å². The monoisotopic (exact) mass is 331 g/mol. The summed E-state index contributed by atoms with van der Waals surface area (Å²) in [7, 11) is 3.35. The molecule has 1 aromatic heterocycles. The first-order valence-corrected chi connectivity index (χ1v) is 8.14. The van der Waals surface area contributed by atoms with E-state index < -0.39 is 0 Å². The number of nitrogens with one attached hydrogen (secondary N) is 1. The maximum atomic E-state index is 9.63. The lowest BCUT2D eigenvalue weighted by Gasteiger charge is -2.19. The maximum absolute atomic E-state index is 9.63. The third kappa shape index (κ3) is 3.69. The number of phenols is 1. The molecule has 0 aliphatic rings. The predicted molar refractivity (Wildman–Crippen MR) is 95.0 cm³/mol. The molecule has 0 saturated heterocycles. The normalized spacial score (nSPS) is 10.8. The Hall–Kier alpha value is -2.50. The summed E-state index contributed by atoms with van der Waals surface area (Å²) >= 11 is 0. The number of aryl methyl sites for hydroxylation is 1. The molecule has 1 aromatic carbocycles. The molecule has 0 saturated carbocycles. The van der Waals surface area contributed by atoms with Crippen molar-refractivity contribution in [1.82, 2.24) is 9.97 Å². The topological polar surface area (TPSA) is 76.5 Å². The smallest absolute Gasteiger partial charge is 0.257 e. The number of methoxy groups -OCH3 is 1. The summed E-state index contributed by atoms with van der Waals surface area (Å²) in [5.74, 6) is 1.77. The van der Waals surface area contributed by atoms with Gasteiger partial charge in [-0.3, -0.25) is 0 Å². The first-order valence-electron chi connectivity index (χ1n) is 8.14. The van der Waals surface area contributed by atoms with Gasteiger partial charge in [0.2, 0.25) is 0 Å². The highest BCUT2D eigenvalue weighted by Gasteiger charge is 2.18. The van der Waals surface area contributed by atoms with Crippen molar-refractivity contribution in [1.29, 1.82) is 0 Å². The Balaban J connectivity index is 2.50. The van der Waals surface area contributed by atoms with Crippen LogP contribution in [0.5, 0.6) is 17.4 Å². The molecule has 2 aromatic rings. The highest BCUT2D eigenvalue weighted by molar-refractivity contribution is 5.72. The van der Waals surface area contributed by atoms with Crippen LogP contribution in [0.3, 0.4) is 0 Å². The van der Waals surface area contributed by atoms with Crippen LogP contribution in [0.4, 0.5) is 5.82 Å². The number of rotatable bonds is 7. The van der Waals surface area contributed by atoms with Gasteiger partial charge in [0.1, 0.15) is 17.6 Å². The summed E-state index contributed by atoms with van der Waals surface area (Å²) in [6.07, 6.45) is 1.93. The quantitative estimate of drug-likeness (QED) is 0.804. The second-order valence-electron chi connectivity index (χ2n) is 5.50. The second-order valence-corrected chi connectivity index (χ2v) is 5.50. The maximum Gasteiger partial charge on any atom is 0.257 e. The molecule has 0 amide bonds. The SMILES string of the molecule is CCC(CC)Oc1nc(C)c(-c2ccc(O)cc2OC)nc1NC. The Kier molecular flexibility index (Phi) is 5.84. The van der Waals surface area contributed by atoms with Crippen LogP contribution in [0.1, 0.15) is 32.4 Å². The fraction of sp³-hybridized carbons (Fsp3) is 0.444. The van der Waals surface area contributed by atoms with E-state index >= 15 is 0 Å². The molecule has 0 unspecified atom stereocenters. The van der Waals surface area contributed by atoms with Gasteiger partial charge in [-0.1, -0.05) is 13.8 Å². The summed E-state index contributed by atoms with van der Waals surface area (Å²) in [6.45, 7) is 6.06. The average Bonchev–Trinajstić information content (AvgIpc) is 2.60. The van der Waals surface area contributed by atoms with E-state index in [2.05, 4.69) is 29.1 Å². The van der Waals surface area contributed by atoms with Crippen LogP contribution in [0.25, 0.3) is 11.3 Å². The molecule has 0 aliphatic carbocycles. The van der Waals surface area contributed by atoms with Gasteiger partial charge in [0, 0.05) is 18.7 Å². The van der Waals surface area contributed by atoms with E-state index in [9.17, 15) is 5.11 Å². The fourth-order valence-electron chi connectivity index (χ4n) is 2.49. The standard InChI is InChI=1S/C18H25N3O3/c1-6-13(7-2)24-18-17(19-4)21-16(11(3)20-18)14-9-8-12(22)10-15(14)23-5/h8-10,13,22H,6-7H2,1-5H3,(H,19,21). The molecule has 130 valence electrons. The van der Waals surface area contributed by atoms with E-state index in [1.54, 1.807) is 32.4 Å². The third-order valence-corrected chi connectivity index (χ3v) is 3.90. The molecule has 24 heavy (non-hydrogen) atoms. The lowest BCUT2D eigenvalue weighted by molar-refractivity contribution is 0.185. The van der Waals surface area contributed by atoms with Crippen molar-refractivity contribution in [2.45, 2.75) is 39.7 Å². The van der Waals surface area contributed by atoms with Crippen LogP contribution < -0.4 is 14.8 Å². The van der Waals surface area contributed by atoms with Crippen molar-refractivity contribution in [3.63, 3.8) is 0 Å². The van der Waals surface area contributed by atoms with Crippen molar-refractivity contribution >= 4 is 5.82 Å². The minimum Gasteiger partial charge on any atom is -0.508 e. The van der Waals surface area contributed by atoms with E-state index in [1.807, 2.05) is 6.92 Å². The number of hydrogen-bond acceptors (Lipinski definition) is 6. The minimum absolute atomic E-state index is 0.111. The van der Waals surface area contributed by atoms with Crippen LogP contribution in [0, 0.1) is 6.92 Å². The second kappa shape index (κ2) is 7.86. The zero-order valence-corrected chi connectivity index (χ0v) is 14.9. The number of ether oxygens (including phenoxy) is 2. The Labute approximate surface area is 142 Å². The fourth-order valence-corrected chi connectivity index (χ4v) is 2.49. The zero-order valence-electron chi connectivity index (χ0n) is 14.9. The summed E-state index contributed by atoms with van der Waals surface area (Å²) in [5.41, 5.74) is 2.19. The van der Waals surface area contributed by atoms with Gasteiger partial charge in [-0.15, -0.1) is 0 Å². The van der Waals surface area contributed by atoms with Crippen LogP contribution in [-0.2, 0) is 0 Å². The minimum atomic E-state index is 0.111. The Bertz CT molecular complexity index is 700. The molecule has 2 rings (SSSR count). The van der Waals surface area contributed by atoms with Gasteiger partial charge in [0.05, 0.1) is 18.5 Å². The molecule has 6 nitrogen and oxygen atoms in total. The van der Waals surface area contributed by atoms with Gasteiger partial charge < -0.3 is 19.9 Å². The molecule has 0 bridgehead atoms. The number of hydrogen-bond donors (Lipinski definition) is 2. The van der Waals surface area contributed by atoms with Crippen LogP contribution >= 0.6 is 0 Å². The lowest BCUT2D eigenvalue weighted by atomic mass is 10.1. The number of anilines is 1. The summed E-state index contributed by atoms with van der Waals surface area (Å²) in [6, 6.07) is 4.93. The molecule has 0 aliphatic heterocycles. The predicted octanol–water partition coefficient (Wildman–Crippen LogP) is 3.78. The van der Waals surface area contributed by atoms with Crippen molar-refractivity contribution in [3.8, 4) is 28.6 Å².